The Bertz CT molecular complexity index is 1310. The number of likely N-dealkylation sites (N-methyl/N-ethyl adjacent to an activating group) is 2. The highest BCUT2D eigenvalue weighted by atomic mass is 16.5. The molecule has 2 aliphatic heterocycles. The minimum Gasteiger partial charge on any atom is -0.480 e. The second-order valence-electron chi connectivity index (χ2n) is 14.2. The maximum absolute atomic E-state index is 14.0. The summed E-state index contributed by atoms with van der Waals surface area (Å²) < 4.78 is 11.7. The molecule has 0 aromatic heterocycles. The lowest BCUT2D eigenvalue weighted by Crippen LogP contribution is -2.56. The van der Waals surface area contributed by atoms with Crippen LogP contribution in [0.3, 0.4) is 0 Å². The number of aliphatic carboxylic acids is 1. The summed E-state index contributed by atoms with van der Waals surface area (Å²) in [6, 6.07) is 7.13. The number of benzene rings is 1. The SMILES string of the molecule is CC[C@H](C)[C@@H]([C@@H](CC(=O)N1CCC[C@H]1C(OC)[C@@H](C)C(=O)N[C@@H](Cc1ccccc1)C(=O)O)OC)N(C)C(=O)CNC(=O)[C@]1(C)CCCN1C. The van der Waals surface area contributed by atoms with Crippen molar-refractivity contribution in [2.75, 3.05) is 47.9 Å². The van der Waals surface area contributed by atoms with Crippen molar-refractivity contribution in [3.05, 3.63) is 35.9 Å². The molecule has 2 aliphatic rings. The molecular weight excluding hydrogens is 642 g/mol. The lowest BCUT2D eigenvalue weighted by Gasteiger charge is -2.39. The van der Waals surface area contributed by atoms with E-state index in [1.165, 1.54) is 14.2 Å². The van der Waals surface area contributed by atoms with Gasteiger partial charge in [-0.1, -0.05) is 57.5 Å². The number of carbonyl (C=O) groups excluding carboxylic acids is 4. The predicted octanol–water partition coefficient (Wildman–Crippen LogP) is 2.32. The molecule has 13 heteroatoms. The Kier molecular flexibility index (Phi) is 15.2. The molecule has 280 valence electrons. The monoisotopic (exact) mass is 701 g/mol. The third kappa shape index (κ3) is 9.82. The maximum Gasteiger partial charge on any atom is 0.326 e. The van der Waals surface area contributed by atoms with Crippen LogP contribution in [0.4, 0.5) is 0 Å². The van der Waals surface area contributed by atoms with Crippen LogP contribution in [0.25, 0.3) is 0 Å². The minimum absolute atomic E-state index is 0.00400. The number of hydrogen-bond donors (Lipinski definition) is 3. The van der Waals surface area contributed by atoms with Crippen molar-refractivity contribution in [3.63, 3.8) is 0 Å². The molecule has 2 heterocycles. The molecule has 1 unspecified atom stereocenters. The van der Waals surface area contributed by atoms with E-state index in [-0.39, 0.29) is 43.0 Å². The normalized spacial score (nSPS) is 23.0. The van der Waals surface area contributed by atoms with Gasteiger partial charge in [0.2, 0.25) is 23.6 Å². The van der Waals surface area contributed by atoms with Crippen molar-refractivity contribution >= 4 is 29.6 Å². The molecule has 13 nitrogen and oxygen atoms in total. The third-order valence-electron chi connectivity index (χ3n) is 11.1. The summed E-state index contributed by atoms with van der Waals surface area (Å²) in [6.07, 6.45) is 2.55. The zero-order chi connectivity index (χ0) is 37.2. The van der Waals surface area contributed by atoms with Gasteiger partial charge in [0, 0.05) is 34.2 Å². The number of carboxylic acids is 1. The molecule has 4 amide bonds. The first-order valence-corrected chi connectivity index (χ1v) is 17.9. The van der Waals surface area contributed by atoms with E-state index < -0.39 is 53.7 Å². The van der Waals surface area contributed by atoms with E-state index >= 15 is 0 Å². The maximum atomic E-state index is 14.0. The van der Waals surface area contributed by atoms with E-state index in [9.17, 15) is 29.1 Å². The summed E-state index contributed by atoms with van der Waals surface area (Å²) in [5.74, 6) is -2.99. The number of ether oxygens (including phenoxy) is 2. The Hall–Kier alpha value is -3.55. The van der Waals surface area contributed by atoms with Crippen LogP contribution in [0, 0.1) is 11.8 Å². The number of amides is 4. The smallest absolute Gasteiger partial charge is 0.326 e. The zero-order valence-electron chi connectivity index (χ0n) is 31.1. The highest BCUT2D eigenvalue weighted by molar-refractivity contribution is 5.90. The van der Waals surface area contributed by atoms with Gasteiger partial charge in [0.25, 0.3) is 0 Å². The van der Waals surface area contributed by atoms with Crippen molar-refractivity contribution in [2.45, 2.75) is 109 Å². The van der Waals surface area contributed by atoms with Crippen molar-refractivity contribution < 1.29 is 38.6 Å². The number of methoxy groups -OCH3 is 2. The topological polar surface area (TPSA) is 158 Å². The quantitative estimate of drug-likeness (QED) is 0.209. The molecule has 3 N–H and O–H groups in total. The largest absolute Gasteiger partial charge is 0.480 e. The van der Waals surface area contributed by atoms with Crippen LogP contribution in [0.2, 0.25) is 0 Å². The minimum atomic E-state index is -1.14. The van der Waals surface area contributed by atoms with Gasteiger partial charge in [0.05, 0.1) is 48.7 Å². The van der Waals surface area contributed by atoms with Crippen molar-refractivity contribution in [2.24, 2.45) is 11.8 Å². The van der Waals surface area contributed by atoms with E-state index in [4.69, 9.17) is 9.47 Å². The lowest BCUT2D eigenvalue weighted by atomic mass is 9.90. The highest BCUT2D eigenvalue weighted by Crippen LogP contribution is 2.30. The third-order valence-corrected chi connectivity index (χ3v) is 11.1. The first kappa shape index (κ1) is 40.9. The average Bonchev–Trinajstić information content (AvgIpc) is 3.73. The molecule has 2 fully saturated rings. The molecule has 1 aromatic carbocycles. The first-order chi connectivity index (χ1) is 23.7. The van der Waals surface area contributed by atoms with E-state index in [0.29, 0.717) is 13.0 Å². The fourth-order valence-corrected chi connectivity index (χ4v) is 7.53. The number of likely N-dealkylation sites (tertiary alicyclic amines) is 2. The number of carboxylic acid groups (broad SMARTS) is 1. The molecule has 0 saturated carbocycles. The van der Waals surface area contributed by atoms with E-state index in [1.807, 2.05) is 63.1 Å². The molecule has 0 aliphatic carbocycles. The van der Waals surface area contributed by atoms with Crippen molar-refractivity contribution in [3.8, 4) is 0 Å². The molecule has 0 bridgehead atoms. The standard InChI is InChI=1S/C37H59N5O8/c1-9-24(2)32(41(6)31(44)23-38-36(48)37(4)18-14-19-40(37)5)29(49-7)22-30(43)42-20-13-17-28(42)33(50-8)25(3)34(45)39-27(35(46)47)21-26-15-11-10-12-16-26/h10-12,15-16,24-25,27-29,32-33H,9,13-14,17-23H2,1-8H3,(H,38,48)(H,39,45)(H,46,47)/t24-,25+,27-,28-,29+,32-,33?,37-/m0/s1. The molecule has 0 radical (unpaired) electrons. The number of carbonyl (C=O) groups is 5. The molecule has 1 aromatic rings. The summed E-state index contributed by atoms with van der Waals surface area (Å²) >= 11 is 0. The van der Waals surface area contributed by atoms with Gasteiger partial charge in [0.1, 0.15) is 6.04 Å². The summed E-state index contributed by atoms with van der Waals surface area (Å²) in [5, 5.41) is 15.3. The summed E-state index contributed by atoms with van der Waals surface area (Å²) in [7, 11) is 6.63. The van der Waals surface area contributed by atoms with E-state index in [1.54, 1.807) is 23.8 Å². The molecule has 8 atom stereocenters. The predicted molar refractivity (Wildman–Crippen MR) is 189 cm³/mol. The summed E-state index contributed by atoms with van der Waals surface area (Å²) in [6.45, 7) is 8.75. The van der Waals surface area contributed by atoms with Gasteiger partial charge >= 0.3 is 5.97 Å². The Morgan fingerprint density at radius 1 is 1.06 bits per heavy atom. The Balaban J connectivity index is 1.69. The van der Waals surface area contributed by atoms with Crippen molar-refractivity contribution in [1.29, 1.82) is 0 Å². The Morgan fingerprint density at radius 3 is 2.30 bits per heavy atom. The van der Waals surface area contributed by atoms with Gasteiger partial charge in [-0.3, -0.25) is 24.1 Å². The number of rotatable bonds is 18. The Morgan fingerprint density at radius 2 is 1.74 bits per heavy atom. The number of hydrogen-bond acceptors (Lipinski definition) is 8. The first-order valence-electron chi connectivity index (χ1n) is 17.9. The molecule has 50 heavy (non-hydrogen) atoms. The van der Waals surface area contributed by atoms with Crippen LogP contribution >= 0.6 is 0 Å². The summed E-state index contributed by atoms with van der Waals surface area (Å²) in [4.78, 5) is 71.3. The molecular formula is C37H59N5O8. The van der Waals surface area contributed by atoms with Crippen LogP contribution in [-0.4, -0.2) is 133 Å². The van der Waals surface area contributed by atoms with Gasteiger partial charge in [-0.25, -0.2) is 4.79 Å². The van der Waals surface area contributed by atoms with Crippen LogP contribution in [0.5, 0.6) is 0 Å². The van der Waals surface area contributed by atoms with Gasteiger partial charge in [-0.15, -0.1) is 0 Å². The Labute approximate surface area is 297 Å². The van der Waals surface area contributed by atoms with Crippen LogP contribution in [-0.2, 0) is 39.9 Å². The van der Waals surface area contributed by atoms with E-state index in [2.05, 4.69) is 10.6 Å². The second-order valence-corrected chi connectivity index (χ2v) is 14.2. The molecule has 0 spiro atoms. The van der Waals surface area contributed by atoms with E-state index in [0.717, 1.165) is 37.8 Å². The van der Waals surface area contributed by atoms with Crippen LogP contribution in [0.15, 0.2) is 30.3 Å². The average molecular weight is 702 g/mol. The number of nitrogens with zero attached hydrogens (tertiary/aromatic N) is 3. The van der Waals surface area contributed by atoms with Gasteiger partial charge in [-0.05, 0) is 57.7 Å². The van der Waals surface area contributed by atoms with Gasteiger partial charge in [-0.2, -0.15) is 0 Å². The lowest BCUT2D eigenvalue weighted by molar-refractivity contribution is -0.147. The van der Waals surface area contributed by atoms with Crippen LogP contribution < -0.4 is 10.6 Å². The highest BCUT2D eigenvalue weighted by Gasteiger charge is 2.43. The fourth-order valence-electron chi connectivity index (χ4n) is 7.53. The van der Waals surface area contributed by atoms with Crippen molar-refractivity contribution in [1.82, 2.24) is 25.3 Å². The molecule has 3 rings (SSSR count). The zero-order valence-corrected chi connectivity index (χ0v) is 31.1. The summed E-state index contributed by atoms with van der Waals surface area (Å²) in [5.41, 5.74) is 0.136. The second kappa shape index (κ2) is 18.6. The number of nitrogens with one attached hydrogen (secondary N) is 2. The molecule has 2 saturated heterocycles. The fraction of sp³-hybridized carbons (Fsp3) is 0.703. The van der Waals surface area contributed by atoms with Gasteiger partial charge in [0.15, 0.2) is 0 Å². The van der Waals surface area contributed by atoms with Gasteiger partial charge < -0.3 is 35.0 Å². The van der Waals surface area contributed by atoms with Crippen LogP contribution in [0.1, 0.15) is 71.8 Å².